The fourth-order valence-corrected chi connectivity index (χ4v) is 4.74. The summed E-state index contributed by atoms with van der Waals surface area (Å²) in [4.78, 5) is 12.3. The second kappa shape index (κ2) is 9.63. The zero-order valence-electron chi connectivity index (χ0n) is 16.1. The van der Waals surface area contributed by atoms with Gasteiger partial charge in [0.1, 0.15) is 17.5 Å². The molecule has 0 bridgehead atoms. The fourth-order valence-electron chi connectivity index (χ4n) is 3.16. The molecule has 1 heterocycles. The minimum absolute atomic E-state index is 0.00498. The number of halogens is 6. The van der Waals surface area contributed by atoms with Crippen LogP contribution in [0.3, 0.4) is 0 Å². The van der Waals surface area contributed by atoms with Crippen molar-refractivity contribution in [3.8, 4) is 0 Å². The van der Waals surface area contributed by atoms with Gasteiger partial charge < -0.3 is 9.87 Å². The molecule has 1 fully saturated rings. The summed E-state index contributed by atoms with van der Waals surface area (Å²) >= 11 is 16.7. The van der Waals surface area contributed by atoms with Gasteiger partial charge >= 0.3 is 6.18 Å². The summed E-state index contributed by atoms with van der Waals surface area (Å²) in [5.41, 5.74) is 1.40. The van der Waals surface area contributed by atoms with Crippen molar-refractivity contribution in [3.05, 3.63) is 73.7 Å². The number of carbonyl (C=O) groups excluding carboxylic acids is 1. The largest absolute Gasteiger partial charge is 0.616 e. The van der Waals surface area contributed by atoms with Gasteiger partial charge in [0, 0.05) is 5.56 Å². The third-order valence-corrected chi connectivity index (χ3v) is 7.55. The van der Waals surface area contributed by atoms with E-state index in [1.54, 1.807) is 25.1 Å². The number of amides is 1. The van der Waals surface area contributed by atoms with Gasteiger partial charge in [-0.05, 0) is 53.0 Å². The number of rotatable bonds is 5. The quantitative estimate of drug-likeness (QED) is 0.386. The van der Waals surface area contributed by atoms with E-state index < -0.39 is 23.3 Å². The van der Waals surface area contributed by atoms with Crippen LogP contribution >= 0.6 is 34.8 Å². The molecule has 0 saturated carbocycles. The zero-order chi connectivity index (χ0) is 22.9. The van der Waals surface area contributed by atoms with E-state index in [9.17, 15) is 22.5 Å². The Bertz CT molecular complexity index is 1000. The SMILES string of the molecule is Cc1cc(/C=C/C(c2cc(Cl)c(Cl)c(Cl)c2)C(F)(F)F)ccc1C(=O)NC1C[S+]([O-])C1. The molecule has 3 rings (SSSR count). The molecule has 2 aromatic rings. The highest BCUT2D eigenvalue weighted by Crippen LogP contribution is 2.41. The minimum atomic E-state index is -4.57. The van der Waals surface area contributed by atoms with Crippen LogP contribution in [0.5, 0.6) is 0 Å². The predicted octanol–water partition coefficient (Wildman–Crippen LogP) is 6.18. The zero-order valence-corrected chi connectivity index (χ0v) is 19.2. The average Bonchev–Trinajstić information content (AvgIpc) is 2.63. The lowest BCUT2D eigenvalue weighted by Crippen LogP contribution is -2.53. The van der Waals surface area contributed by atoms with Crippen LogP contribution in [-0.2, 0) is 11.2 Å². The van der Waals surface area contributed by atoms with Crippen LogP contribution in [0.2, 0.25) is 15.1 Å². The van der Waals surface area contributed by atoms with Gasteiger partial charge in [-0.25, -0.2) is 0 Å². The number of alkyl halides is 3. The van der Waals surface area contributed by atoms with E-state index >= 15 is 0 Å². The van der Waals surface area contributed by atoms with Crippen molar-refractivity contribution in [1.82, 2.24) is 5.32 Å². The van der Waals surface area contributed by atoms with Crippen LogP contribution in [0.4, 0.5) is 13.2 Å². The predicted molar refractivity (Wildman–Crippen MR) is 120 cm³/mol. The molecule has 1 aliphatic heterocycles. The first kappa shape index (κ1) is 24.3. The Labute approximate surface area is 195 Å². The molecule has 1 N–H and O–H groups in total. The molecule has 1 amide bonds. The van der Waals surface area contributed by atoms with Crippen LogP contribution in [0.15, 0.2) is 36.4 Å². The first-order valence-corrected chi connectivity index (χ1v) is 11.7. The molecule has 2 aromatic carbocycles. The molecule has 0 aromatic heterocycles. The molecule has 3 nitrogen and oxygen atoms in total. The van der Waals surface area contributed by atoms with Crippen molar-refractivity contribution >= 4 is 58.0 Å². The van der Waals surface area contributed by atoms with E-state index in [-0.39, 0.29) is 32.6 Å². The van der Waals surface area contributed by atoms with E-state index in [0.717, 1.165) is 18.2 Å². The maximum atomic E-state index is 13.7. The third-order valence-electron chi connectivity index (χ3n) is 4.80. The van der Waals surface area contributed by atoms with Gasteiger partial charge in [0.2, 0.25) is 0 Å². The van der Waals surface area contributed by atoms with E-state index in [2.05, 4.69) is 5.32 Å². The summed E-state index contributed by atoms with van der Waals surface area (Å²) in [6.45, 7) is 1.70. The second-order valence-corrected chi connectivity index (χ2v) is 9.93. The number of carbonyl (C=O) groups is 1. The summed E-state index contributed by atoms with van der Waals surface area (Å²) in [5.74, 6) is -1.37. The van der Waals surface area contributed by atoms with Crippen molar-refractivity contribution in [2.24, 2.45) is 0 Å². The van der Waals surface area contributed by atoms with Crippen molar-refractivity contribution in [2.75, 3.05) is 11.5 Å². The van der Waals surface area contributed by atoms with Gasteiger partial charge in [-0.3, -0.25) is 4.79 Å². The van der Waals surface area contributed by atoms with Gasteiger partial charge in [-0.1, -0.05) is 59.1 Å². The van der Waals surface area contributed by atoms with E-state index in [4.69, 9.17) is 34.8 Å². The van der Waals surface area contributed by atoms with Gasteiger partial charge in [0.25, 0.3) is 5.91 Å². The molecule has 1 atom stereocenters. The number of nitrogens with one attached hydrogen (secondary N) is 1. The average molecular weight is 511 g/mol. The summed E-state index contributed by atoms with van der Waals surface area (Å²) in [7, 11) is 0. The van der Waals surface area contributed by atoms with Gasteiger partial charge in [0.15, 0.2) is 0 Å². The Hall–Kier alpha value is -1.38. The van der Waals surface area contributed by atoms with Crippen molar-refractivity contribution < 1.29 is 22.5 Å². The molecule has 0 spiro atoms. The second-order valence-electron chi connectivity index (χ2n) is 7.19. The van der Waals surface area contributed by atoms with Crippen molar-refractivity contribution in [1.29, 1.82) is 0 Å². The van der Waals surface area contributed by atoms with Crippen LogP contribution in [0, 0.1) is 6.92 Å². The number of allylic oxidation sites excluding steroid dienone is 1. The summed E-state index contributed by atoms with van der Waals surface area (Å²) in [5, 5.41) is 2.67. The monoisotopic (exact) mass is 509 g/mol. The molecule has 0 aliphatic carbocycles. The Morgan fingerprint density at radius 1 is 1.19 bits per heavy atom. The van der Waals surface area contributed by atoms with E-state index in [0.29, 0.717) is 28.2 Å². The minimum Gasteiger partial charge on any atom is -0.616 e. The Balaban J connectivity index is 1.81. The summed E-state index contributed by atoms with van der Waals surface area (Å²) < 4.78 is 52.1. The lowest BCUT2D eigenvalue weighted by molar-refractivity contribution is -0.139. The number of hydrogen-bond donors (Lipinski definition) is 1. The Morgan fingerprint density at radius 2 is 1.81 bits per heavy atom. The fraction of sp³-hybridized carbons (Fsp3) is 0.286. The highest BCUT2D eigenvalue weighted by molar-refractivity contribution is 7.92. The van der Waals surface area contributed by atoms with E-state index in [1.807, 2.05) is 0 Å². The Kier molecular flexibility index (Phi) is 7.54. The molecule has 1 saturated heterocycles. The van der Waals surface area contributed by atoms with Crippen LogP contribution in [-0.4, -0.2) is 34.2 Å². The Morgan fingerprint density at radius 3 is 2.32 bits per heavy atom. The topological polar surface area (TPSA) is 52.2 Å². The van der Waals surface area contributed by atoms with E-state index in [1.165, 1.54) is 6.08 Å². The van der Waals surface area contributed by atoms with Crippen LogP contribution in [0.1, 0.15) is 33.0 Å². The van der Waals surface area contributed by atoms with Gasteiger partial charge in [-0.2, -0.15) is 13.2 Å². The lowest BCUT2D eigenvalue weighted by Gasteiger charge is -2.29. The number of benzene rings is 2. The maximum absolute atomic E-state index is 13.7. The lowest BCUT2D eigenvalue weighted by atomic mass is 9.96. The van der Waals surface area contributed by atoms with Gasteiger partial charge in [-0.15, -0.1) is 0 Å². The smallest absolute Gasteiger partial charge is 0.399 e. The molecule has 166 valence electrons. The first-order chi connectivity index (χ1) is 14.5. The van der Waals surface area contributed by atoms with Gasteiger partial charge in [0.05, 0.1) is 21.0 Å². The molecule has 1 unspecified atom stereocenters. The number of hydrogen-bond acceptors (Lipinski definition) is 2. The molecular weight excluding hydrogens is 494 g/mol. The molecular formula is C21H17Cl3F3NO2S. The molecule has 0 radical (unpaired) electrons. The normalized spacial score (nSPS) is 19.9. The molecule has 31 heavy (non-hydrogen) atoms. The molecule has 1 aliphatic rings. The highest BCUT2D eigenvalue weighted by atomic mass is 35.5. The highest BCUT2D eigenvalue weighted by Gasteiger charge is 2.39. The van der Waals surface area contributed by atoms with Crippen molar-refractivity contribution in [2.45, 2.75) is 25.1 Å². The van der Waals surface area contributed by atoms with Crippen molar-refractivity contribution in [3.63, 3.8) is 0 Å². The standard InChI is InChI=1S/C21H17Cl3F3NO2S/c1-11-6-12(2-4-15(11)20(29)28-14-9-31(30)10-14)3-5-16(21(25,26)27)13-7-17(22)19(24)18(23)8-13/h2-8,14,16H,9-10H2,1H3,(H,28,29)/b5-3+. The number of aryl methyl sites for hydroxylation is 1. The van der Waals surface area contributed by atoms with Crippen LogP contribution < -0.4 is 5.32 Å². The first-order valence-electron chi connectivity index (χ1n) is 9.11. The molecule has 10 heteroatoms. The maximum Gasteiger partial charge on any atom is 0.399 e. The van der Waals surface area contributed by atoms with Crippen LogP contribution in [0.25, 0.3) is 6.08 Å². The summed E-state index contributed by atoms with van der Waals surface area (Å²) in [6, 6.07) is 6.91. The third kappa shape index (κ3) is 5.90. The summed E-state index contributed by atoms with van der Waals surface area (Å²) in [6.07, 6.45) is -2.23.